The molecule has 13 nitrogen and oxygen atoms in total. The van der Waals surface area contributed by atoms with Gasteiger partial charge in [-0.05, 0) is 44.6 Å². The van der Waals surface area contributed by atoms with Crippen LogP contribution in [0.25, 0.3) is 0 Å². The monoisotopic (exact) mass is 721 g/mol. The molecule has 0 unspecified atom stereocenters. The van der Waals surface area contributed by atoms with E-state index in [0.29, 0.717) is 12.8 Å². The second-order valence-corrected chi connectivity index (χ2v) is 13.2. The number of benzene rings is 2. The van der Waals surface area contributed by atoms with Crippen LogP contribution in [-0.4, -0.2) is 99.5 Å². The second-order valence-electron chi connectivity index (χ2n) is 13.2. The molecule has 6 atom stereocenters. The average molecular weight is 722 g/mol. The van der Waals surface area contributed by atoms with E-state index in [9.17, 15) is 57.6 Å². The van der Waals surface area contributed by atoms with E-state index in [-0.39, 0.29) is 47.3 Å². The number of halogens is 3. The summed E-state index contributed by atoms with van der Waals surface area (Å²) in [6.45, 7) is 2.36. The summed E-state index contributed by atoms with van der Waals surface area (Å²) in [6, 6.07) is 2.77. The minimum Gasteiger partial charge on any atom is -0.507 e. The highest BCUT2D eigenvalue weighted by atomic mass is 19.4. The number of aliphatic hydroxyl groups excluding tert-OH is 1. The fraction of sp³-hybridized carbons (Fsp3) is 0.514. The number of Topliss-reactive ketones (excluding diaryl/α,β-unsaturated/α-hetero) is 1. The van der Waals surface area contributed by atoms with Crippen LogP contribution in [0.15, 0.2) is 18.2 Å². The molecule has 1 amide bonds. The number of carbonyl (C=O) groups excluding carboxylic acids is 5. The zero-order valence-corrected chi connectivity index (χ0v) is 28.0. The lowest BCUT2D eigenvalue weighted by molar-refractivity contribution is -0.179. The van der Waals surface area contributed by atoms with Crippen molar-refractivity contribution in [2.24, 2.45) is 0 Å². The van der Waals surface area contributed by atoms with E-state index >= 15 is 0 Å². The van der Waals surface area contributed by atoms with E-state index in [2.05, 4.69) is 0 Å². The number of unbranched alkanes of at least 4 members (excludes halogenated alkanes) is 1. The largest absolute Gasteiger partial charge is 0.507 e. The van der Waals surface area contributed by atoms with E-state index < -0.39 is 113 Å². The number of rotatable bonds is 10. The van der Waals surface area contributed by atoms with Crippen LogP contribution in [0.4, 0.5) is 13.2 Å². The third kappa shape index (κ3) is 7.04. The first kappa shape index (κ1) is 37.7. The number of aromatic hydroxyl groups is 2. The SMILES string of the molecule is CCCCC(=O)OCC(=O)[C@]1(O)Cc2c(O)c3c(c(O)c2[C@@H](C[C@H]2C[C@H](NC(=O)C(F)(F)F)[C@H](O)[C@H](C)O2)C1)C(=O)c1c(OC)cccc1C3=O. The third-order valence-electron chi connectivity index (χ3n) is 9.78. The summed E-state index contributed by atoms with van der Waals surface area (Å²) in [7, 11) is 1.27. The Bertz CT molecular complexity index is 1780. The Balaban J connectivity index is 1.58. The molecule has 16 heteroatoms. The van der Waals surface area contributed by atoms with Crippen LogP contribution in [0.5, 0.6) is 17.2 Å². The quantitative estimate of drug-likeness (QED) is 0.151. The van der Waals surface area contributed by atoms with Crippen LogP contribution >= 0.6 is 0 Å². The Morgan fingerprint density at radius 1 is 1.08 bits per heavy atom. The molecule has 0 bridgehead atoms. The van der Waals surface area contributed by atoms with Gasteiger partial charge < -0.3 is 40.0 Å². The smallest absolute Gasteiger partial charge is 0.471 e. The molecular formula is C35H38F3NO12. The topological polar surface area (TPSA) is 206 Å². The van der Waals surface area contributed by atoms with Crippen molar-refractivity contribution in [1.29, 1.82) is 0 Å². The maximum Gasteiger partial charge on any atom is 0.471 e. The maximum absolute atomic E-state index is 13.9. The Kier molecular flexibility index (Phi) is 10.5. The molecule has 5 rings (SSSR count). The number of fused-ring (bicyclic) bond motifs is 3. The number of methoxy groups -OCH3 is 1. The molecule has 2 aliphatic carbocycles. The number of aliphatic hydroxyl groups is 2. The molecule has 0 spiro atoms. The zero-order chi connectivity index (χ0) is 37.6. The number of nitrogens with one attached hydrogen (secondary N) is 1. The Morgan fingerprint density at radius 3 is 2.41 bits per heavy atom. The van der Waals surface area contributed by atoms with Gasteiger partial charge in [0.25, 0.3) is 0 Å². The lowest BCUT2D eigenvalue weighted by Gasteiger charge is -2.43. The van der Waals surface area contributed by atoms with Gasteiger partial charge in [0.2, 0.25) is 11.6 Å². The second kappa shape index (κ2) is 14.2. The summed E-state index contributed by atoms with van der Waals surface area (Å²) in [6.07, 6.45) is -9.61. The number of alkyl halides is 3. The fourth-order valence-corrected chi connectivity index (χ4v) is 7.25. The first-order valence-corrected chi connectivity index (χ1v) is 16.4. The Labute approximate surface area is 289 Å². The highest BCUT2D eigenvalue weighted by Gasteiger charge is 2.50. The molecular weight excluding hydrogens is 683 g/mol. The molecule has 51 heavy (non-hydrogen) atoms. The predicted octanol–water partition coefficient (Wildman–Crippen LogP) is 2.92. The Hall–Kier alpha value is -4.54. The molecule has 0 saturated carbocycles. The summed E-state index contributed by atoms with van der Waals surface area (Å²) < 4.78 is 55.5. The van der Waals surface area contributed by atoms with Gasteiger partial charge in [-0.2, -0.15) is 13.2 Å². The van der Waals surface area contributed by atoms with E-state index in [4.69, 9.17) is 14.2 Å². The number of phenols is 2. The standard InChI is InChI=1S/C35H38F3NO12/c1-4-5-9-23(41)50-14-22(40)34(48)12-16(10-17-11-20(28(42)15(2)51-17)39-33(47)35(36,37)38)24-19(13-34)30(44)26-27(31(24)45)32(46)25-18(29(26)43)7-6-8-21(25)49-3/h6-8,15-17,20,28,42,44-45,48H,4-5,9-14H2,1-3H3,(H,39,47)/t15-,16-,17-,20-,28+,34+/m0/s1. The molecule has 2 aromatic carbocycles. The summed E-state index contributed by atoms with van der Waals surface area (Å²) in [5, 5.41) is 47.6. The van der Waals surface area contributed by atoms with Gasteiger partial charge in [0.15, 0.2) is 12.4 Å². The summed E-state index contributed by atoms with van der Waals surface area (Å²) in [5.74, 6) is -8.33. The number of ketones is 3. The molecule has 2 aromatic rings. The number of amides is 1. The predicted molar refractivity (Wildman–Crippen MR) is 169 cm³/mol. The van der Waals surface area contributed by atoms with Crippen molar-refractivity contribution in [2.75, 3.05) is 13.7 Å². The highest BCUT2D eigenvalue weighted by Crippen LogP contribution is 2.53. The molecule has 0 aromatic heterocycles. The van der Waals surface area contributed by atoms with Crippen molar-refractivity contribution in [3.05, 3.63) is 51.6 Å². The van der Waals surface area contributed by atoms with Gasteiger partial charge in [0.1, 0.15) is 29.0 Å². The third-order valence-corrected chi connectivity index (χ3v) is 9.78. The summed E-state index contributed by atoms with van der Waals surface area (Å²) in [4.78, 5) is 65.1. The summed E-state index contributed by atoms with van der Waals surface area (Å²) >= 11 is 0. The van der Waals surface area contributed by atoms with Crippen LogP contribution in [0.3, 0.4) is 0 Å². The fourth-order valence-electron chi connectivity index (χ4n) is 7.25. The number of phenolic OH excluding ortho intramolecular Hbond substituents is 2. The number of carbonyl (C=O) groups is 5. The lowest BCUT2D eigenvalue weighted by Crippen LogP contribution is -2.57. The van der Waals surface area contributed by atoms with Gasteiger partial charge in [0.05, 0.1) is 42.0 Å². The first-order chi connectivity index (χ1) is 23.9. The van der Waals surface area contributed by atoms with Gasteiger partial charge in [-0.1, -0.05) is 25.5 Å². The number of esters is 1. The van der Waals surface area contributed by atoms with Crippen LogP contribution < -0.4 is 10.1 Å². The van der Waals surface area contributed by atoms with Crippen molar-refractivity contribution in [2.45, 2.75) is 101 Å². The van der Waals surface area contributed by atoms with Gasteiger partial charge in [-0.3, -0.25) is 24.0 Å². The van der Waals surface area contributed by atoms with Gasteiger partial charge in [0, 0.05) is 29.5 Å². The van der Waals surface area contributed by atoms with Crippen molar-refractivity contribution in [3.8, 4) is 17.2 Å². The van der Waals surface area contributed by atoms with Crippen LogP contribution in [-0.2, 0) is 30.3 Å². The maximum atomic E-state index is 13.9. The van der Waals surface area contributed by atoms with Crippen LogP contribution in [0.2, 0.25) is 0 Å². The van der Waals surface area contributed by atoms with Gasteiger partial charge >= 0.3 is 18.1 Å². The normalized spacial score (nSPS) is 25.7. The minimum absolute atomic E-state index is 0.0198. The first-order valence-electron chi connectivity index (χ1n) is 16.4. The van der Waals surface area contributed by atoms with Gasteiger partial charge in [-0.25, -0.2) is 0 Å². The van der Waals surface area contributed by atoms with Crippen molar-refractivity contribution >= 4 is 29.2 Å². The van der Waals surface area contributed by atoms with Crippen molar-refractivity contribution < 1.29 is 71.8 Å². The number of hydrogen-bond acceptors (Lipinski definition) is 12. The molecule has 1 heterocycles. The molecule has 1 aliphatic heterocycles. The van der Waals surface area contributed by atoms with Crippen molar-refractivity contribution in [3.63, 3.8) is 0 Å². The molecule has 1 fully saturated rings. The average Bonchev–Trinajstić information content (AvgIpc) is 3.07. The van der Waals surface area contributed by atoms with Crippen LogP contribution in [0.1, 0.15) is 101 Å². The molecule has 5 N–H and O–H groups in total. The van der Waals surface area contributed by atoms with E-state index in [1.165, 1.54) is 32.2 Å². The molecule has 3 aliphatic rings. The van der Waals surface area contributed by atoms with Gasteiger partial charge in [-0.15, -0.1) is 0 Å². The van der Waals surface area contributed by atoms with E-state index in [1.54, 1.807) is 5.32 Å². The molecule has 1 saturated heterocycles. The number of hydrogen-bond donors (Lipinski definition) is 5. The van der Waals surface area contributed by atoms with Crippen LogP contribution in [0, 0.1) is 0 Å². The zero-order valence-electron chi connectivity index (χ0n) is 28.0. The molecule has 0 radical (unpaired) electrons. The summed E-state index contributed by atoms with van der Waals surface area (Å²) in [5.41, 5.74) is -4.17. The lowest BCUT2D eigenvalue weighted by atomic mass is 9.67. The van der Waals surface area contributed by atoms with Crippen molar-refractivity contribution in [1.82, 2.24) is 5.32 Å². The minimum atomic E-state index is -5.25. The van der Waals surface area contributed by atoms with E-state index in [1.807, 2.05) is 6.92 Å². The number of ether oxygens (including phenoxy) is 3. The highest BCUT2D eigenvalue weighted by molar-refractivity contribution is 6.31. The molecule has 276 valence electrons. The van der Waals surface area contributed by atoms with E-state index in [0.717, 1.165) is 0 Å². The Morgan fingerprint density at radius 2 is 1.76 bits per heavy atom.